The van der Waals surface area contributed by atoms with Crippen LogP contribution in [-0.2, 0) is 4.79 Å². The topological polar surface area (TPSA) is 32.3 Å². The first-order chi connectivity index (χ1) is 9.68. The van der Waals surface area contributed by atoms with E-state index in [-0.39, 0.29) is 17.6 Å². The van der Waals surface area contributed by atoms with Crippen LogP contribution in [0.2, 0.25) is 0 Å². The highest BCUT2D eigenvalue weighted by molar-refractivity contribution is 5.99. The summed E-state index contributed by atoms with van der Waals surface area (Å²) in [7, 11) is 1.61. The first-order valence-electron chi connectivity index (χ1n) is 6.53. The Morgan fingerprint density at radius 2 is 1.90 bits per heavy atom. The second-order valence-corrected chi connectivity index (χ2v) is 4.87. The van der Waals surface area contributed by atoms with E-state index in [2.05, 4.69) is 5.32 Å². The number of hydrogen-bond acceptors (Lipinski definition) is 2. The second kappa shape index (κ2) is 4.96. The number of amides is 1. The molecule has 4 heteroatoms. The van der Waals surface area contributed by atoms with Gasteiger partial charge in [-0.15, -0.1) is 0 Å². The predicted molar refractivity (Wildman–Crippen MR) is 77.5 cm³/mol. The number of nitrogens with one attached hydrogen (secondary N) is 1. The Bertz CT molecular complexity index is 656. The van der Waals surface area contributed by atoms with E-state index in [9.17, 15) is 9.18 Å². The van der Waals surface area contributed by atoms with Gasteiger partial charge in [0.1, 0.15) is 5.82 Å². The minimum atomic E-state index is -0.386. The Kier molecular flexibility index (Phi) is 3.14. The highest BCUT2D eigenvalue weighted by Gasteiger charge is 2.31. The third-order valence-corrected chi connectivity index (χ3v) is 3.68. The summed E-state index contributed by atoms with van der Waals surface area (Å²) >= 11 is 0. The van der Waals surface area contributed by atoms with E-state index in [0.717, 1.165) is 11.3 Å². The van der Waals surface area contributed by atoms with Crippen molar-refractivity contribution in [3.05, 3.63) is 59.9 Å². The van der Waals surface area contributed by atoms with Crippen LogP contribution in [0.15, 0.2) is 48.5 Å². The van der Waals surface area contributed by atoms with Crippen LogP contribution in [0.3, 0.4) is 0 Å². The van der Waals surface area contributed by atoms with Gasteiger partial charge < -0.3 is 10.2 Å². The van der Waals surface area contributed by atoms with Crippen molar-refractivity contribution in [2.75, 3.05) is 23.8 Å². The molecule has 0 radical (unpaired) electrons. The Morgan fingerprint density at radius 3 is 2.70 bits per heavy atom. The summed E-state index contributed by atoms with van der Waals surface area (Å²) in [6.07, 6.45) is 0. The molecular formula is C16H15FN2O. The largest absolute Gasteiger partial charge is 0.384 e. The lowest BCUT2D eigenvalue weighted by Gasteiger charge is -2.21. The lowest BCUT2D eigenvalue weighted by Crippen LogP contribution is -2.33. The molecule has 1 atom stereocenters. The third kappa shape index (κ3) is 2.03. The van der Waals surface area contributed by atoms with E-state index in [1.807, 2.05) is 24.3 Å². The molecule has 0 spiro atoms. The number of carbonyl (C=O) groups excluding carboxylic acids is 1. The molecule has 1 aliphatic rings. The summed E-state index contributed by atoms with van der Waals surface area (Å²) < 4.78 is 13.8. The van der Waals surface area contributed by atoms with Gasteiger partial charge in [0.05, 0.1) is 11.6 Å². The minimum Gasteiger partial charge on any atom is -0.384 e. The number of halogens is 1. The molecule has 0 saturated carbocycles. The van der Waals surface area contributed by atoms with Gasteiger partial charge in [-0.05, 0) is 23.8 Å². The monoisotopic (exact) mass is 270 g/mol. The lowest BCUT2D eigenvalue weighted by molar-refractivity contribution is -0.119. The van der Waals surface area contributed by atoms with E-state index >= 15 is 0 Å². The fourth-order valence-electron chi connectivity index (χ4n) is 2.58. The van der Waals surface area contributed by atoms with Crippen molar-refractivity contribution in [3.63, 3.8) is 0 Å². The molecule has 102 valence electrons. The van der Waals surface area contributed by atoms with E-state index in [1.165, 1.54) is 11.0 Å². The lowest BCUT2D eigenvalue weighted by atomic mass is 10.00. The van der Waals surface area contributed by atoms with Crippen molar-refractivity contribution in [3.8, 4) is 0 Å². The number of nitrogens with zero attached hydrogens (tertiary/aromatic N) is 1. The Morgan fingerprint density at radius 1 is 1.20 bits per heavy atom. The quantitative estimate of drug-likeness (QED) is 0.909. The molecule has 1 unspecified atom stereocenters. The van der Waals surface area contributed by atoms with Gasteiger partial charge >= 0.3 is 0 Å². The zero-order chi connectivity index (χ0) is 14.1. The van der Waals surface area contributed by atoms with Crippen molar-refractivity contribution in [2.45, 2.75) is 5.92 Å². The van der Waals surface area contributed by atoms with Gasteiger partial charge in [0.2, 0.25) is 5.91 Å². The second-order valence-electron chi connectivity index (χ2n) is 4.87. The summed E-state index contributed by atoms with van der Waals surface area (Å²) in [5, 5.41) is 3.21. The first kappa shape index (κ1) is 12.7. The van der Waals surface area contributed by atoms with Crippen LogP contribution >= 0.6 is 0 Å². The third-order valence-electron chi connectivity index (χ3n) is 3.68. The molecule has 3 nitrogen and oxygen atoms in total. The number of benzene rings is 2. The van der Waals surface area contributed by atoms with E-state index in [4.69, 9.17) is 0 Å². The van der Waals surface area contributed by atoms with Crippen molar-refractivity contribution in [2.24, 2.45) is 0 Å². The number of anilines is 2. The molecule has 0 aromatic heterocycles. The molecule has 1 N–H and O–H groups in total. The normalized spacial score (nSPS) is 16.4. The fourth-order valence-corrected chi connectivity index (χ4v) is 2.58. The van der Waals surface area contributed by atoms with Gasteiger partial charge in [-0.25, -0.2) is 4.39 Å². The highest BCUT2D eigenvalue weighted by Crippen LogP contribution is 2.33. The zero-order valence-electron chi connectivity index (χ0n) is 11.1. The Labute approximate surface area is 117 Å². The average molecular weight is 270 g/mol. The number of para-hydroxylation sites is 2. The smallest absolute Gasteiger partial charge is 0.236 e. The van der Waals surface area contributed by atoms with Gasteiger partial charge in [0, 0.05) is 19.3 Å². The van der Waals surface area contributed by atoms with Crippen molar-refractivity contribution in [1.29, 1.82) is 0 Å². The maximum atomic E-state index is 13.8. The number of hydrogen-bond donors (Lipinski definition) is 1. The van der Waals surface area contributed by atoms with Gasteiger partial charge in [-0.2, -0.15) is 0 Å². The molecule has 3 rings (SSSR count). The van der Waals surface area contributed by atoms with Gasteiger partial charge in [0.25, 0.3) is 0 Å². The van der Waals surface area contributed by atoms with E-state index in [1.54, 1.807) is 25.2 Å². The number of likely N-dealkylation sites (N-methyl/N-ethyl adjacent to an activating group) is 1. The highest BCUT2D eigenvalue weighted by atomic mass is 19.1. The van der Waals surface area contributed by atoms with Crippen molar-refractivity contribution >= 4 is 17.3 Å². The van der Waals surface area contributed by atoms with E-state index in [0.29, 0.717) is 12.2 Å². The summed E-state index contributed by atoms with van der Waals surface area (Å²) in [4.78, 5) is 14.0. The molecule has 1 heterocycles. The molecule has 0 fully saturated rings. The number of fused-ring (bicyclic) bond motifs is 1. The first-order valence-corrected chi connectivity index (χ1v) is 6.53. The van der Waals surface area contributed by atoms with Crippen LogP contribution in [0, 0.1) is 5.82 Å². The average Bonchev–Trinajstić information content (AvgIpc) is 2.90. The van der Waals surface area contributed by atoms with Crippen molar-refractivity contribution < 1.29 is 9.18 Å². The molecule has 1 amide bonds. The maximum Gasteiger partial charge on any atom is 0.236 e. The van der Waals surface area contributed by atoms with Gasteiger partial charge in [-0.3, -0.25) is 4.79 Å². The summed E-state index contributed by atoms with van der Waals surface area (Å²) in [5.74, 6) is -0.758. The van der Waals surface area contributed by atoms with Crippen LogP contribution in [0.5, 0.6) is 0 Å². The molecule has 0 saturated heterocycles. The molecule has 0 aliphatic carbocycles. The zero-order valence-corrected chi connectivity index (χ0v) is 11.1. The summed E-state index contributed by atoms with van der Waals surface area (Å²) in [6.45, 7) is 0.553. The Balaban J connectivity index is 1.89. The molecule has 0 bridgehead atoms. The maximum absolute atomic E-state index is 13.8. The number of rotatable bonds is 2. The van der Waals surface area contributed by atoms with Crippen LogP contribution in [-0.4, -0.2) is 19.5 Å². The van der Waals surface area contributed by atoms with Crippen molar-refractivity contribution in [1.82, 2.24) is 0 Å². The fraction of sp³-hybridized carbons (Fsp3) is 0.188. The number of carbonyl (C=O) groups is 1. The van der Waals surface area contributed by atoms with Crippen LogP contribution in [0.25, 0.3) is 0 Å². The molecule has 1 aliphatic heterocycles. The van der Waals surface area contributed by atoms with Gasteiger partial charge in [0.15, 0.2) is 0 Å². The minimum absolute atomic E-state index is 0.104. The molecule has 20 heavy (non-hydrogen) atoms. The summed E-state index contributed by atoms with van der Waals surface area (Å²) in [6, 6.07) is 14.0. The van der Waals surface area contributed by atoms with Crippen LogP contribution < -0.4 is 10.2 Å². The SMILES string of the molecule is CN(C(=O)C1CNc2ccccc21)c1ccccc1F. The van der Waals surface area contributed by atoms with E-state index < -0.39 is 0 Å². The van der Waals surface area contributed by atoms with Gasteiger partial charge in [-0.1, -0.05) is 30.3 Å². The predicted octanol–water partition coefficient (Wildman–Crippen LogP) is 3.00. The Hall–Kier alpha value is -2.36. The summed E-state index contributed by atoms with van der Waals surface area (Å²) in [5.41, 5.74) is 2.26. The van der Waals surface area contributed by atoms with Crippen LogP contribution in [0.4, 0.5) is 15.8 Å². The molecular weight excluding hydrogens is 255 g/mol. The van der Waals surface area contributed by atoms with Crippen LogP contribution in [0.1, 0.15) is 11.5 Å². The molecule has 2 aromatic carbocycles. The molecule has 2 aromatic rings. The standard InChI is InChI=1S/C16H15FN2O/c1-19(15-9-5-3-7-13(15)17)16(20)12-10-18-14-8-4-2-6-11(12)14/h2-9,12,18H,10H2,1H3.